The smallest absolute Gasteiger partial charge is 0.357 e. The fourth-order valence-corrected chi connectivity index (χ4v) is 2.75. The maximum Gasteiger partial charge on any atom is 0.416 e. The van der Waals surface area contributed by atoms with E-state index in [2.05, 4.69) is 15.6 Å². The summed E-state index contributed by atoms with van der Waals surface area (Å²) in [6, 6.07) is 12.5. The number of carbonyl (C=O) groups is 1. The number of amides is 1. The number of nitrogens with zero attached hydrogens (tertiary/aromatic N) is 2. The molecule has 5 nitrogen and oxygen atoms in total. The number of nitrogens with one attached hydrogen (secondary N) is 2. The molecule has 0 aliphatic carbocycles. The van der Waals surface area contributed by atoms with E-state index in [9.17, 15) is 18.0 Å². The predicted molar refractivity (Wildman–Crippen MR) is 128 cm³/mol. The molecule has 2 rings (SSSR count). The Kier molecular flexibility index (Phi) is 10.8. The highest BCUT2D eigenvalue weighted by Gasteiger charge is 2.29. The molecule has 0 radical (unpaired) electrons. The number of hydrogen-bond acceptors (Lipinski definition) is 2. The summed E-state index contributed by atoms with van der Waals surface area (Å²) < 4.78 is 38.0. The third-order valence-electron chi connectivity index (χ3n) is 4.33. The second kappa shape index (κ2) is 12.5. The molecule has 0 bridgehead atoms. The predicted octanol–water partition coefficient (Wildman–Crippen LogP) is 4.32. The van der Waals surface area contributed by atoms with Crippen LogP contribution < -0.4 is 10.6 Å². The number of alkyl halides is 3. The molecular formula is C22H28F3IN4O. The fourth-order valence-electron chi connectivity index (χ4n) is 2.75. The molecule has 9 heteroatoms. The monoisotopic (exact) mass is 548 g/mol. The zero-order valence-electron chi connectivity index (χ0n) is 17.8. The van der Waals surface area contributed by atoms with Crippen molar-refractivity contribution >= 4 is 35.8 Å². The van der Waals surface area contributed by atoms with Crippen LogP contribution in [0.4, 0.5) is 13.2 Å². The van der Waals surface area contributed by atoms with Crippen molar-refractivity contribution in [3.63, 3.8) is 0 Å². The average molecular weight is 548 g/mol. The lowest BCUT2D eigenvalue weighted by Gasteiger charge is -2.13. The Morgan fingerprint density at radius 1 is 1.03 bits per heavy atom. The van der Waals surface area contributed by atoms with E-state index in [4.69, 9.17) is 0 Å². The Morgan fingerprint density at radius 2 is 1.71 bits per heavy atom. The molecule has 0 aromatic heterocycles. The molecule has 0 atom stereocenters. The van der Waals surface area contributed by atoms with E-state index in [1.807, 2.05) is 25.1 Å². The third kappa shape index (κ3) is 8.76. The van der Waals surface area contributed by atoms with Crippen molar-refractivity contribution in [2.45, 2.75) is 26.1 Å². The van der Waals surface area contributed by atoms with Gasteiger partial charge < -0.3 is 15.5 Å². The van der Waals surface area contributed by atoms with E-state index in [-0.39, 0.29) is 36.4 Å². The maximum atomic E-state index is 12.7. The first-order chi connectivity index (χ1) is 14.2. The van der Waals surface area contributed by atoms with Crippen molar-refractivity contribution in [1.29, 1.82) is 0 Å². The van der Waals surface area contributed by atoms with Crippen molar-refractivity contribution < 1.29 is 18.0 Å². The van der Waals surface area contributed by atoms with Gasteiger partial charge in [0.1, 0.15) is 0 Å². The summed E-state index contributed by atoms with van der Waals surface area (Å²) in [6.45, 7) is 3.45. The van der Waals surface area contributed by atoms with Gasteiger partial charge in [-0.2, -0.15) is 13.2 Å². The molecule has 0 aliphatic rings. The molecule has 31 heavy (non-hydrogen) atoms. The van der Waals surface area contributed by atoms with Crippen LogP contribution in [0, 0.1) is 0 Å². The lowest BCUT2D eigenvalue weighted by Crippen LogP contribution is -2.38. The SMILES string of the molecule is CCNC(=NCc1ccc(C(F)(F)F)cc1)NCCc1cccc(C(=O)N(C)C)c1.I. The molecule has 0 saturated carbocycles. The molecule has 0 saturated heterocycles. The van der Waals surface area contributed by atoms with E-state index in [0.717, 1.165) is 17.7 Å². The normalized spacial score (nSPS) is 11.5. The highest BCUT2D eigenvalue weighted by molar-refractivity contribution is 14.0. The second-order valence-electron chi connectivity index (χ2n) is 6.97. The summed E-state index contributed by atoms with van der Waals surface area (Å²) in [5.41, 5.74) is 1.68. The Labute approximate surface area is 198 Å². The first kappa shape index (κ1) is 26.7. The quantitative estimate of drug-likeness (QED) is 0.308. The molecule has 0 unspecified atom stereocenters. The van der Waals surface area contributed by atoms with Crippen LogP contribution in [0.5, 0.6) is 0 Å². The van der Waals surface area contributed by atoms with Crippen LogP contribution in [0.25, 0.3) is 0 Å². The largest absolute Gasteiger partial charge is 0.416 e. The number of guanidine groups is 1. The Morgan fingerprint density at radius 3 is 2.29 bits per heavy atom. The molecule has 2 N–H and O–H groups in total. The number of rotatable bonds is 7. The van der Waals surface area contributed by atoms with Crippen LogP contribution in [-0.2, 0) is 19.1 Å². The molecule has 0 fully saturated rings. The van der Waals surface area contributed by atoms with Gasteiger partial charge in [0.2, 0.25) is 0 Å². The lowest BCUT2D eigenvalue weighted by atomic mass is 10.1. The van der Waals surface area contributed by atoms with Crippen LogP contribution >= 0.6 is 24.0 Å². The molecule has 0 aliphatic heterocycles. The number of benzene rings is 2. The molecule has 0 heterocycles. The van der Waals surface area contributed by atoms with Crippen molar-refractivity contribution in [2.24, 2.45) is 4.99 Å². The first-order valence-corrected chi connectivity index (χ1v) is 9.69. The van der Waals surface area contributed by atoms with Gasteiger partial charge >= 0.3 is 6.18 Å². The highest BCUT2D eigenvalue weighted by Crippen LogP contribution is 2.29. The minimum Gasteiger partial charge on any atom is -0.357 e. The zero-order chi connectivity index (χ0) is 22.1. The minimum absolute atomic E-state index is 0. The Balaban J connectivity index is 0.00000480. The first-order valence-electron chi connectivity index (χ1n) is 9.69. The van der Waals surface area contributed by atoms with Gasteiger partial charge in [0.15, 0.2) is 5.96 Å². The summed E-state index contributed by atoms with van der Waals surface area (Å²) in [5, 5.41) is 6.33. The summed E-state index contributed by atoms with van der Waals surface area (Å²) in [6.07, 6.45) is -3.65. The molecule has 2 aromatic carbocycles. The molecule has 170 valence electrons. The third-order valence-corrected chi connectivity index (χ3v) is 4.33. The second-order valence-corrected chi connectivity index (χ2v) is 6.97. The van der Waals surface area contributed by atoms with Crippen LogP contribution in [0.2, 0.25) is 0 Å². The Bertz CT molecular complexity index is 868. The maximum absolute atomic E-state index is 12.7. The molecular weight excluding hydrogens is 520 g/mol. The van der Waals surface area contributed by atoms with Crippen molar-refractivity contribution in [1.82, 2.24) is 15.5 Å². The summed E-state index contributed by atoms with van der Waals surface area (Å²) in [7, 11) is 3.43. The van der Waals surface area contributed by atoms with E-state index in [1.54, 1.807) is 20.2 Å². The standard InChI is InChI=1S/C22H27F3N4O.HI/c1-4-26-21(28-15-17-8-10-19(11-9-17)22(23,24)25)27-13-12-16-6-5-7-18(14-16)20(30)29(2)3;/h5-11,14H,4,12-13,15H2,1-3H3,(H2,26,27,28);1H. The van der Waals surface area contributed by atoms with Gasteiger partial charge in [-0.1, -0.05) is 24.3 Å². The van der Waals surface area contributed by atoms with E-state index in [0.29, 0.717) is 36.6 Å². The van der Waals surface area contributed by atoms with Crippen LogP contribution in [0.1, 0.15) is 34.0 Å². The number of carbonyl (C=O) groups excluding carboxylic acids is 1. The van der Waals surface area contributed by atoms with Crippen LogP contribution in [0.15, 0.2) is 53.5 Å². The van der Waals surface area contributed by atoms with E-state index in [1.165, 1.54) is 17.0 Å². The number of halogens is 4. The van der Waals surface area contributed by atoms with Gasteiger partial charge in [-0.3, -0.25) is 4.79 Å². The molecule has 2 aromatic rings. The fraction of sp³-hybridized carbons (Fsp3) is 0.364. The average Bonchev–Trinajstić information content (AvgIpc) is 2.71. The Hall–Kier alpha value is -2.30. The van der Waals surface area contributed by atoms with Crippen molar-refractivity contribution in [2.75, 3.05) is 27.2 Å². The topological polar surface area (TPSA) is 56.7 Å². The van der Waals surface area contributed by atoms with Gasteiger partial charge in [0.05, 0.1) is 12.1 Å². The van der Waals surface area contributed by atoms with Crippen molar-refractivity contribution in [3.8, 4) is 0 Å². The summed E-state index contributed by atoms with van der Waals surface area (Å²) >= 11 is 0. The van der Waals surface area contributed by atoms with Crippen molar-refractivity contribution in [3.05, 3.63) is 70.8 Å². The van der Waals surface area contributed by atoms with Gasteiger partial charge in [0.25, 0.3) is 5.91 Å². The van der Waals surface area contributed by atoms with Gasteiger partial charge in [-0.15, -0.1) is 24.0 Å². The van der Waals surface area contributed by atoms with E-state index < -0.39 is 11.7 Å². The zero-order valence-corrected chi connectivity index (χ0v) is 20.1. The minimum atomic E-state index is -4.34. The van der Waals surface area contributed by atoms with Crippen LogP contribution in [0.3, 0.4) is 0 Å². The number of aliphatic imine (C=N–C) groups is 1. The lowest BCUT2D eigenvalue weighted by molar-refractivity contribution is -0.137. The summed E-state index contributed by atoms with van der Waals surface area (Å²) in [4.78, 5) is 18.0. The van der Waals surface area contributed by atoms with E-state index >= 15 is 0 Å². The molecule has 1 amide bonds. The summed E-state index contributed by atoms with van der Waals surface area (Å²) in [5.74, 6) is 0.536. The number of hydrogen-bond donors (Lipinski definition) is 2. The van der Waals surface area contributed by atoms with Gasteiger partial charge in [-0.25, -0.2) is 4.99 Å². The highest BCUT2D eigenvalue weighted by atomic mass is 127. The molecule has 0 spiro atoms. The van der Waals surface area contributed by atoms with Gasteiger partial charge in [0, 0.05) is 32.7 Å². The van der Waals surface area contributed by atoms with Crippen LogP contribution in [-0.4, -0.2) is 44.0 Å². The van der Waals surface area contributed by atoms with Gasteiger partial charge in [-0.05, 0) is 48.7 Å².